The van der Waals surface area contributed by atoms with E-state index in [4.69, 9.17) is 4.74 Å². The average Bonchev–Trinajstić information content (AvgIpc) is 2.59. The number of para-hydroxylation sites is 1. The molecule has 0 heterocycles. The SMILES string of the molecule is COC(=O)c1ccccc1N=C[C@@H](C)Cc1ccc(C(C)(C)C)cc1. The predicted octanol–water partition coefficient (Wildman–Crippen LogP) is 5.35. The minimum absolute atomic E-state index is 0.170. The molecule has 3 nitrogen and oxygen atoms in total. The van der Waals surface area contributed by atoms with Crippen molar-refractivity contribution in [1.82, 2.24) is 0 Å². The second-order valence-electron chi connectivity index (χ2n) is 7.42. The summed E-state index contributed by atoms with van der Waals surface area (Å²) in [5.41, 5.74) is 3.92. The summed E-state index contributed by atoms with van der Waals surface area (Å²) in [6.45, 7) is 8.78. The molecule has 0 unspecified atom stereocenters. The maximum atomic E-state index is 11.8. The summed E-state index contributed by atoms with van der Waals surface area (Å²) in [7, 11) is 1.38. The lowest BCUT2D eigenvalue weighted by atomic mass is 9.86. The zero-order valence-electron chi connectivity index (χ0n) is 15.7. The van der Waals surface area contributed by atoms with Gasteiger partial charge < -0.3 is 4.74 Å². The lowest BCUT2D eigenvalue weighted by molar-refractivity contribution is 0.0601. The second-order valence-corrected chi connectivity index (χ2v) is 7.42. The fourth-order valence-electron chi connectivity index (χ4n) is 2.64. The van der Waals surface area contributed by atoms with E-state index in [2.05, 4.69) is 57.0 Å². The zero-order chi connectivity index (χ0) is 18.4. The molecule has 0 aliphatic carbocycles. The van der Waals surface area contributed by atoms with Gasteiger partial charge in [0.2, 0.25) is 0 Å². The largest absolute Gasteiger partial charge is 0.465 e. The highest BCUT2D eigenvalue weighted by molar-refractivity contribution is 5.95. The van der Waals surface area contributed by atoms with Crippen molar-refractivity contribution in [2.24, 2.45) is 10.9 Å². The van der Waals surface area contributed by atoms with Crippen molar-refractivity contribution in [3.63, 3.8) is 0 Å². The molecule has 3 heteroatoms. The topological polar surface area (TPSA) is 38.7 Å². The molecule has 0 saturated carbocycles. The molecule has 0 aliphatic heterocycles. The van der Waals surface area contributed by atoms with Crippen LogP contribution in [0.15, 0.2) is 53.5 Å². The molecule has 1 atom stereocenters. The van der Waals surface area contributed by atoms with Crippen molar-refractivity contribution < 1.29 is 9.53 Å². The molecular formula is C22H27NO2. The molecule has 2 aromatic rings. The van der Waals surface area contributed by atoms with Gasteiger partial charge in [-0.15, -0.1) is 0 Å². The van der Waals surface area contributed by atoms with Gasteiger partial charge >= 0.3 is 5.97 Å². The number of hydrogen-bond acceptors (Lipinski definition) is 3. The molecule has 0 aromatic heterocycles. The first-order valence-corrected chi connectivity index (χ1v) is 8.62. The van der Waals surface area contributed by atoms with E-state index < -0.39 is 0 Å². The van der Waals surface area contributed by atoms with Crippen LogP contribution in [-0.4, -0.2) is 19.3 Å². The minimum Gasteiger partial charge on any atom is -0.465 e. The van der Waals surface area contributed by atoms with E-state index in [1.165, 1.54) is 18.2 Å². The smallest absolute Gasteiger partial charge is 0.340 e. The Labute approximate surface area is 150 Å². The maximum absolute atomic E-state index is 11.8. The standard InChI is InChI=1S/C22H27NO2/c1-16(14-17-10-12-18(13-11-17)22(2,3)4)15-23-20-9-7-6-8-19(20)21(24)25-5/h6-13,15-16H,14H2,1-5H3/t16-/m0/s1. The summed E-state index contributed by atoms with van der Waals surface area (Å²) in [4.78, 5) is 16.3. The lowest BCUT2D eigenvalue weighted by Gasteiger charge is -2.19. The first-order chi connectivity index (χ1) is 11.8. The number of nitrogens with zero attached hydrogens (tertiary/aromatic N) is 1. The normalized spacial score (nSPS) is 13.0. The minimum atomic E-state index is -0.363. The molecule has 2 rings (SSSR count). The van der Waals surface area contributed by atoms with Gasteiger partial charge in [0.1, 0.15) is 0 Å². The van der Waals surface area contributed by atoms with Crippen molar-refractivity contribution in [2.75, 3.05) is 7.11 Å². The number of methoxy groups -OCH3 is 1. The highest BCUT2D eigenvalue weighted by atomic mass is 16.5. The van der Waals surface area contributed by atoms with Gasteiger partial charge in [0.05, 0.1) is 18.4 Å². The molecule has 0 aliphatic rings. The quantitative estimate of drug-likeness (QED) is 0.545. The number of aliphatic imine (C=N–C) groups is 1. The van der Waals surface area contributed by atoms with Gasteiger partial charge in [-0.25, -0.2) is 4.79 Å². The maximum Gasteiger partial charge on any atom is 0.340 e. The average molecular weight is 337 g/mol. The zero-order valence-corrected chi connectivity index (χ0v) is 15.7. The summed E-state index contributed by atoms with van der Waals surface area (Å²) < 4.78 is 4.81. The van der Waals surface area contributed by atoms with Crippen LogP contribution in [0.2, 0.25) is 0 Å². The third kappa shape index (κ3) is 5.28. The number of carbonyl (C=O) groups excluding carboxylic acids is 1. The first-order valence-electron chi connectivity index (χ1n) is 8.62. The van der Waals surface area contributed by atoms with E-state index in [1.54, 1.807) is 6.07 Å². The van der Waals surface area contributed by atoms with Crippen LogP contribution in [0, 0.1) is 5.92 Å². The predicted molar refractivity (Wildman–Crippen MR) is 104 cm³/mol. The third-order valence-electron chi connectivity index (χ3n) is 4.16. The summed E-state index contributed by atoms with van der Waals surface area (Å²) in [5, 5.41) is 0. The highest BCUT2D eigenvalue weighted by Crippen LogP contribution is 2.23. The van der Waals surface area contributed by atoms with Crippen LogP contribution in [0.1, 0.15) is 49.2 Å². The van der Waals surface area contributed by atoms with Crippen molar-refractivity contribution >= 4 is 17.9 Å². The summed E-state index contributed by atoms with van der Waals surface area (Å²) >= 11 is 0. The van der Waals surface area contributed by atoms with Gasteiger partial charge in [0, 0.05) is 6.21 Å². The number of hydrogen-bond donors (Lipinski definition) is 0. The Hall–Kier alpha value is -2.42. The van der Waals surface area contributed by atoms with Crippen LogP contribution in [0.25, 0.3) is 0 Å². The van der Waals surface area contributed by atoms with Crippen molar-refractivity contribution in [2.45, 2.75) is 39.5 Å². The number of esters is 1. The van der Waals surface area contributed by atoms with Gasteiger partial charge in [0.15, 0.2) is 0 Å². The van der Waals surface area contributed by atoms with E-state index in [1.807, 2.05) is 24.4 Å². The summed E-state index contributed by atoms with van der Waals surface area (Å²) in [6, 6.07) is 16.0. The van der Waals surface area contributed by atoms with Crippen LogP contribution in [0.3, 0.4) is 0 Å². The Kier molecular flexibility index (Phi) is 6.13. The van der Waals surface area contributed by atoms with Gasteiger partial charge in [-0.3, -0.25) is 4.99 Å². The van der Waals surface area contributed by atoms with Gasteiger partial charge in [0.25, 0.3) is 0 Å². The van der Waals surface area contributed by atoms with Crippen LogP contribution in [0.4, 0.5) is 5.69 Å². The molecule has 0 saturated heterocycles. The van der Waals surface area contributed by atoms with Gasteiger partial charge in [-0.05, 0) is 41.0 Å². The van der Waals surface area contributed by atoms with Crippen LogP contribution in [-0.2, 0) is 16.6 Å². The van der Waals surface area contributed by atoms with E-state index in [0.29, 0.717) is 11.3 Å². The van der Waals surface area contributed by atoms with Crippen molar-refractivity contribution in [3.05, 3.63) is 65.2 Å². The Bertz CT molecular complexity index is 739. The summed E-state index contributed by atoms with van der Waals surface area (Å²) in [5.74, 6) is -0.0932. The number of ether oxygens (including phenoxy) is 1. The molecule has 0 spiro atoms. The Morgan fingerprint density at radius 1 is 1.12 bits per heavy atom. The fraction of sp³-hybridized carbons (Fsp3) is 0.364. The monoisotopic (exact) mass is 337 g/mol. The number of carbonyl (C=O) groups is 1. The Morgan fingerprint density at radius 2 is 1.76 bits per heavy atom. The summed E-state index contributed by atoms with van der Waals surface area (Å²) in [6.07, 6.45) is 2.81. The molecule has 0 radical (unpaired) electrons. The molecule has 0 fully saturated rings. The lowest BCUT2D eigenvalue weighted by Crippen LogP contribution is -2.11. The Balaban J connectivity index is 2.06. The van der Waals surface area contributed by atoms with E-state index in [-0.39, 0.29) is 17.3 Å². The molecule has 2 aromatic carbocycles. The van der Waals surface area contributed by atoms with Gasteiger partial charge in [-0.1, -0.05) is 64.1 Å². The molecule has 25 heavy (non-hydrogen) atoms. The molecule has 0 amide bonds. The fourth-order valence-corrected chi connectivity index (χ4v) is 2.64. The first kappa shape index (κ1) is 18.9. The second kappa shape index (κ2) is 8.11. The van der Waals surface area contributed by atoms with Crippen molar-refractivity contribution in [1.29, 1.82) is 0 Å². The van der Waals surface area contributed by atoms with E-state index in [0.717, 1.165) is 6.42 Å². The van der Waals surface area contributed by atoms with Crippen LogP contribution >= 0.6 is 0 Å². The van der Waals surface area contributed by atoms with Gasteiger partial charge in [-0.2, -0.15) is 0 Å². The van der Waals surface area contributed by atoms with E-state index in [9.17, 15) is 4.79 Å². The number of rotatable bonds is 5. The van der Waals surface area contributed by atoms with Crippen molar-refractivity contribution in [3.8, 4) is 0 Å². The Morgan fingerprint density at radius 3 is 2.36 bits per heavy atom. The third-order valence-corrected chi connectivity index (χ3v) is 4.16. The van der Waals surface area contributed by atoms with E-state index >= 15 is 0 Å². The molecule has 132 valence electrons. The highest BCUT2D eigenvalue weighted by Gasteiger charge is 2.13. The molecular weight excluding hydrogens is 310 g/mol. The number of benzene rings is 2. The van der Waals surface area contributed by atoms with Crippen LogP contribution < -0.4 is 0 Å². The molecule has 0 N–H and O–H groups in total. The molecule has 0 bridgehead atoms. The van der Waals surface area contributed by atoms with Crippen LogP contribution in [0.5, 0.6) is 0 Å².